The summed E-state index contributed by atoms with van der Waals surface area (Å²) in [5.41, 5.74) is 0.570. The van der Waals surface area contributed by atoms with E-state index >= 15 is 0 Å². The first kappa shape index (κ1) is 28.4. The van der Waals surface area contributed by atoms with Gasteiger partial charge in [0.2, 0.25) is 21.8 Å². The number of piperidine rings is 1. The molecule has 3 rings (SSSR count). The monoisotopic (exact) mass is 543 g/mol. The van der Waals surface area contributed by atoms with Crippen LogP contribution in [0, 0.1) is 17.2 Å². The molecule has 13 heteroatoms. The molecule has 0 saturated carbocycles. The summed E-state index contributed by atoms with van der Waals surface area (Å²) >= 11 is 0. The lowest BCUT2D eigenvalue weighted by molar-refractivity contribution is -0.124. The molecule has 0 bridgehead atoms. The third-order valence-electron chi connectivity index (χ3n) is 5.82. The first-order valence-electron chi connectivity index (χ1n) is 12.0. The first-order valence-corrected chi connectivity index (χ1v) is 13.6. The number of hydrogen-bond donors (Lipinski definition) is 2. The van der Waals surface area contributed by atoms with Crippen molar-refractivity contribution < 1.29 is 32.3 Å². The predicted molar refractivity (Wildman–Crippen MR) is 137 cm³/mol. The van der Waals surface area contributed by atoms with Crippen LogP contribution in [0.15, 0.2) is 36.4 Å². The molecule has 0 unspecified atom stereocenters. The Balaban J connectivity index is 1.73. The Labute approximate surface area is 221 Å². The Kier molecular flexibility index (Phi) is 9.61. The van der Waals surface area contributed by atoms with Crippen molar-refractivity contribution in [3.8, 4) is 11.9 Å². The molecular weight excluding hydrogens is 514 g/mol. The van der Waals surface area contributed by atoms with E-state index in [0.29, 0.717) is 31.5 Å². The highest BCUT2D eigenvalue weighted by atomic mass is 32.2. The van der Waals surface area contributed by atoms with E-state index in [0.717, 1.165) is 0 Å². The number of rotatable bonds is 10. The molecule has 2 N–H and O–H groups in total. The van der Waals surface area contributed by atoms with Gasteiger partial charge in [0, 0.05) is 26.1 Å². The fraction of sp³-hybridized carbons (Fsp3) is 0.400. The number of likely N-dealkylation sites (N-methyl/N-ethyl adjacent to an activating group) is 1. The predicted octanol–water partition coefficient (Wildman–Crippen LogP) is 1.12. The fourth-order valence-electron chi connectivity index (χ4n) is 3.90. The second-order valence-electron chi connectivity index (χ2n) is 8.48. The van der Waals surface area contributed by atoms with Gasteiger partial charge in [-0.15, -0.1) is 0 Å². The number of esters is 1. The molecule has 2 heterocycles. The van der Waals surface area contributed by atoms with Crippen LogP contribution in [-0.2, 0) is 30.1 Å². The van der Waals surface area contributed by atoms with Crippen molar-refractivity contribution in [2.75, 3.05) is 38.3 Å². The minimum atomic E-state index is -3.86. The Morgan fingerprint density at radius 1 is 1.18 bits per heavy atom. The molecule has 1 fully saturated rings. The molecule has 1 aromatic heterocycles. The smallest absolute Gasteiger partial charge is 0.343 e. The number of hydrogen-bond acceptors (Lipinski definition) is 10. The summed E-state index contributed by atoms with van der Waals surface area (Å²) in [7, 11) is -2.43. The summed E-state index contributed by atoms with van der Waals surface area (Å²) in [4.78, 5) is 42.9. The number of benzene rings is 1. The Morgan fingerprint density at radius 2 is 1.87 bits per heavy atom. The van der Waals surface area contributed by atoms with Crippen molar-refractivity contribution in [2.24, 2.45) is 5.92 Å². The number of ether oxygens (including phenoxy) is 2. The SMILES string of the molecule is CCOC(=O)c1cc(C#N)c(N2CCC(C(=O)NS(=O)(=O)Cc3ccccc3)CC2)nc1OCC(=O)NC. The van der Waals surface area contributed by atoms with Crippen molar-refractivity contribution >= 4 is 33.6 Å². The van der Waals surface area contributed by atoms with Gasteiger partial charge in [0.25, 0.3) is 5.91 Å². The zero-order valence-electron chi connectivity index (χ0n) is 21.1. The van der Waals surface area contributed by atoms with E-state index in [9.17, 15) is 28.1 Å². The van der Waals surface area contributed by atoms with Crippen LogP contribution in [-0.4, -0.2) is 64.5 Å². The van der Waals surface area contributed by atoms with E-state index in [4.69, 9.17) is 9.47 Å². The van der Waals surface area contributed by atoms with Crippen LogP contribution >= 0.6 is 0 Å². The first-order chi connectivity index (χ1) is 18.2. The molecule has 1 saturated heterocycles. The minimum Gasteiger partial charge on any atom is -0.467 e. The molecule has 2 aromatic rings. The highest BCUT2D eigenvalue weighted by Crippen LogP contribution is 2.30. The van der Waals surface area contributed by atoms with E-state index in [1.807, 2.05) is 6.07 Å². The van der Waals surface area contributed by atoms with Crippen LogP contribution in [0.25, 0.3) is 0 Å². The lowest BCUT2D eigenvalue weighted by Gasteiger charge is -2.32. The van der Waals surface area contributed by atoms with Gasteiger partial charge in [-0.05, 0) is 31.4 Å². The maximum atomic E-state index is 12.7. The summed E-state index contributed by atoms with van der Waals surface area (Å²) < 4.78 is 37.6. The standard InChI is InChI=1S/C25H29N5O7S/c1-3-36-25(33)20-13-19(14-26)22(28-24(20)37-15-21(31)27-2)30-11-9-18(10-12-30)23(32)29-38(34,35)16-17-7-5-4-6-8-17/h4-8,13,18H,3,9-12,15-16H2,1-2H3,(H,27,31)(H,29,32). The average molecular weight is 544 g/mol. The van der Waals surface area contributed by atoms with Gasteiger partial charge in [0.15, 0.2) is 12.4 Å². The number of nitriles is 1. The number of anilines is 1. The highest BCUT2D eigenvalue weighted by molar-refractivity contribution is 7.89. The minimum absolute atomic E-state index is 0.0889. The maximum Gasteiger partial charge on any atom is 0.343 e. The third-order valence-corrected chi connectivity index (χ3v) is 7.05. The van der Waals surface area contributed by atoms with Crippen LogP contribution in [0.4, 0.5) is 5.82 Å². The summed E-state index contributed by atoms with van der Waals surface area (Å²) in [6, 6.07) is 11.9. The van der Waals surface area contributed by atoms with Crippen molar-refractivity contribution in [1.82, 2.24) is 15.0 Å². The molecule has 202 valence electrons. The summed E-state index contributed by atoms with van der Waals surface area (Å²) in [5.74, 6) is -2.56. The van der Waals surface area contributed by atoms with Crippen LogP contribution < -0.4 is 19.7 Å². The Bertz CT molecular complexity index is 1320. The van der Waals surface area contributed by atoms with Gasteiger partial charge in [-0.25, -0.2) is 13.2 Å². The number of sulfonamides is 1. The fourth-order valence-corrected chi connectivity index (χ4v) is 5.08. The lowest BCUT2D eigenvalue weighted by Crippen LogP contribution is -2.43. The largest absolute Gasteiger partial charge is 0.467 e. The van der Waals surface area contributed by atoms with E-state index < -0.39 is 40.3 Å². The van der Waals surface area contributed by atoms with Gasteiger partial charge in [0.1, 0.15) is 11.6 Å². The summed E-state index contributed by atoms with van der Waals surface area (Å²) in [6.07, 6.45) is 0.626. The Hall–Kier alpha value is -4.18. The molecular formula is C25H29N5O7S. The molecule has 0 atom stereocenters. The van der Waals surface area contributed by atoms with Crippen molar-refractivity contribution in [3.05, 3.63) is 53.1 Å². The number of amides is 2. The number of pyridine rings is 1. The lowest BCUT2D eigenvalue weighted by atomic mass is 9.96. The van der Waals surface area contributed by atoms with E-state index in [-0.39, 0.29) is 35.2 Å². The molecule has 12 nitrogen and oxygen atoms in total. The molecule has 2 amide bonds. The molecule has 1 aliphatic rings. The van der Waals surface area contributed by atoms with Gasteiger partial charge in [-0.3, -0.25) is 14.3 Å². The number of aromatic nitrogens is 1. The molecule has 0 radical (unpaired) electrons. The van der Waals surface area contributed by atoms with E-state index in [1.54, 1.807) is 42.2 Å². The summed E-state index contributed by atoms with van der Waals surface area (Å²) in [5, 5.41) is 12.1. The normalized spacial score (nSPS) is 13.8. The number of carbonyl (C=O) groups excluding carboxylic acids is 3. The quantitative estimate of drug-likeness (QED) is 0.414. The van der Waals surface area contributed by atoms with Crippen LogP contribution in [0.2, 0.25) is 0 Å². The molecule has 38 heavy (non-hydrogen) atoms. The summed E-state index contributed by atoms with van der Waals surface area (Å²) in [6.45, 7) is 1.91. The van der Waals surface area contributed by atoms with Gasteiger partial charge < -0.3 is 19.7 Å². The maximum absolute atomic E-state index is 12.7. The van der Waals surface area contributed by atoms with E-state index in [1.165, 1.54) is 13.1 Å². The van der Waals surface area contributed by atoms with E-state index in [2.05, 4.69) is 15.0 Å². The van der Waals surface area contributed by atoms with Crippen LogP contribution in [0.1, 0.15) is 41.3 Å². The molecule has 1 aromatic carbocycles. The number of nitrogens with zero attached hydrogens (tertiary/aromatic N) is 3. The van der Waals surface area contributed by atoms with Crippen molar-refractivity contribution in [1.29, 1.82) is 5.26 Å². The molecule has 0 aliphatic carbocycles. The Morgan fingerprint density at radius 3 is 2.47 bits per heavy atom. The van der Waals surface area contributed by atoms with Gasteiger partial charge >= 0.3 is 5.97 Å². The number of carbonyl (C=O) groups is 3. The second-order valence-corrected chi connectivity index (χ2v) is 10.2. The van der Waals surface area contributed by atoms with Crippen LogP contribution in [0.3, 0.4) is 0 Å². The number of nitrogens with one attached hydrogen (secondary N) is 2. The zero-order valence-corrected chi connectivity index (χ0v) is 21.9. The molecule has 1 aliphatic heterocycles. The van der Waals surface area contributed by atoms with Gasteiger partial charge in [-0.2, -0.15) is 10.2 Å². The van der Waals surface area contributed by atoms with Gasteiger partial charge in [-0.1, -0.05) is 30.3 Å². The van der Waals surface area contributed by atoms with Crippen LogP contribution in [0.5, 0.6) is 5.88 Å². The second kappa shape index (κ2) is 12.9. The zero-order chi connectivity index (χ0) is 27.7. The average Bonchev–Trinajstić information content (AvgIpc) is 2.91. The molecule has 0 spiro atoms. The van der Waals surface area contributed by atoms with Gasteiger partial charge in [0.05, 0.1) is 17.9 Å². The topological polar surface area (TPSA) is 168 Å². The third kappa shape index (κ3) is 7.42. The van der Waals surface area contributed by atoms with Crippen molar-refractivity contribution in [2.45, 2.75) is 25.5 Å². The highest BCUT2D eigenvalue weighted by Gasteiger charge is 2.30. The van der Waals surface area contributed by atoms with Crippen molar-refractivity contribution in [3.63, 3.8) is 0 Å².